The molecule has 0 spiro atoms. The smallest absolute Gasteiger partial charge is 0.274 e. The number of hydrogen-bond donors (Lipinski definition) is 1. The van der Waals surface area contributed by atoms with Gasteiger partial charge in [0.25, 0.3) is 5.91 Å². The van der Waals surface area contributed by atoms with E-state index in [4.69, 9.17) is 16.3 Å². The Labute approximate surface area is 169 Å². The number of hydrogen-bond acceptors (Lipinski definition) is 4. The molecule has 0 saturated heterocycles. The van der Waals surface area contributed by atoms with Crippen LogP contribution in [0.2, 0.25) is 5.02 Å². The monoisotopic (exact) mass is 398 g/mol. The lowest BCUT2D eigenvalue weighted by molar-refractivity contribution is 0.100. The van der Waals surface area contributed by atoms with E-state index >= 15 is 0 Å². The Morgan fingerprint density at radius 3 is 2.39 bits per heavy atom. The first-order chi connectivity index (χ1) is 13.6. The molecule has 0 bridgehead atoms. The fraction of sp³-hybridized carbons (Fsp3) is 0.238. The second kappa shape index (κ2) is 9.28. The van der Waals surface area contributed by atoms with Crippen molar-refractivity contribution in [1.29, 1.82) is 0 Å². The van der Waals surface area contributed by atoms with E-state index in [0.29, 0.717) is 16.5 Å². The van der Waals surface area contributed by atoms with Crippen LogP contribution < -0.4 is 15.0 Å². The van der Waals surface area contributed by atoms with Crippen LogP contribution in [0.25, 0.3) is 0 Å². The third-order valence-electron chi connectivity index (χ3n) is 4.37. The maximum atomic E-state index is 12.6. The van der Waals surface area contributed by atoms with E-state index < -0.39 is 0 Å². The van der Waals surface area contributed by atoms with Crippen molar-refractivity contribution in [2.24, 2.45) is 0 Å². The lowest BCUT2D eigenvalue weighted by atomic mass is 10.2. The largest absolute Gasteiger partial charge is 0.471 e. The van der Waals surface area contributed by atoms with E-state index in [1.54, 1.807) is 36.5 Å². The van der Waals surface area contributed by atoms with Crippen molar-refractivity contribution in [2.45, 2.75) is 20.6 Å². The highest BCUT2D eigenvalue weighted by molar-refractivity contribution is 6.30. The van der Waals surface area contributed by atoms with Gasteiger partial charge in [0.05, 0.1) is 0 Å². The number of carbonyl (C=O) groups excluding carboxylic acids is 1. The van der Waals surface area contributed by atoms with Gasteiger partial charge in [-0.1, -0.05) is 11.6 Å². The summed E-state index contributed by atoms with van der Waals surface area (Å²) in [5, 5.41) is 7.71. The summed E-state index contributed by atoms with van der Waals surface area (Å²) >= 11 is 5.87. The molecule has 0 unspecified atom stereocenters. The Kier molecular flexibility index (Phi) is 6.55. The molecule has 1 N–H and O–H groups in total. The molecule has 1 amide bonds. The van der Waals surface area contributed by atoms with Gasteiger partial charge in [0, 0.05) is 35.7 Å². The first-order valence-electron chi connectivity index (χ1n) is 9.17. The highest BCUT2D eigenvalue weighted by Crippen LogP contribution is 2.19. The van der Waals surface area contributed by atoms with Crippen molar-refractivity contribution >= 4 is 28.9 Å². The zero-order valence-electron chi connectivity index (χ0n) is 15.9. The van der Waals surface area contributed by atoms with Crippen LogP contribution in [0.3, 0.4) is 0 Å². The number of nitrogens with one attached hydrogen (secondary N) is 1. The van der Waals surface area contributed by atoms with E-state index in [9.17, 15) is 4.79 Å². The molecule has 7 heteroatoms. The maximum absolute atomic E-state index is 12.6. The Morgan fingerprint density at radius 2 is 1.75 bits per heavy atom. The second-order valence-corrected chi connectivity index (χ2v) is 6.55. The van der Waals surface area contributed by atoms with Crippen LogP contribution in [0.5, 0.6) is 5.75 Å². The quantitative estimate of drug-likeness (QED) is 0.599. The molecule has 0 aliphatic heterocycles. The summed E-state index contributed by atoms with van der Waals surface area (Å²) in [7, 11) is 0. The molecule has 0 atom stereocenters. The fourth-order valence-corrected chi connectivity index (χ4v) is 2.96. The standard InChI is InChI=1S/C21H23ClN4O2/c1-3-25(4-2)18-9-7-17(8-10-18)24-21(27)20-13-14-23-26(20)15-28-19-11-5-16(22)6-12-19/h5-14H,3-4,15H2,1-2H3,(H,24,27). The average molecular weight is 399 g/mol. The summed E-state index contributed by atoms with van der Waals surface area (Å²) in [5.74, 6) is 0.408. The molecule has 0 aliphatic rings. The van der Waals surface area contributed by atoms with Crippen LogP contribution >= 0.6 is 11.6 Å². The van der Waals surface area contributed by atoms with Crippen molar-refractivity contribution in [2.75, 3.05) is 23.3 Å². The number of halogens is 1. The Morgan fingerprint density at radius 1 is 1.07 bits per heavy atom. The van der Waals surface area contributed by atoms with Crippen LogP contribution in [-0.4, -0.2) is 28.8 Å². The zero-order chi connectivity index (χ0) is 19.9. The van der Waals surface area contributed by atoms with Gasteiger partial charge in [-0.2, -0.15) is 5.10 Å². The summed E-state index contributed by atoms with van der Waals surface area (Å²) in [6.45, 7) is 6.24. The molecule has 1 aromatic heterocycles. The van der Waals surface area contributed by atoms with Gasteiger partial charge in [-0.05, 0) is 68.4 Å². The molecule has 2 aromatic carbocycles. The second-order valence-electron chi connectivity index (χ2n) is 6.12. The van der Waals surface area contributed by atoms with Gasteiger partial charge in [-0.25, -0.2) is 4.68 Å². The summed E-state index contributed by atoms with van der Waals surface area (Å²) in [6.07, 6.45) is 1.57. The fourth-order valence-electron chi connectivity index (χ4n) is 2.83. The van der Waals surface area contributed by atoms with Crippen molar-refractivity contribution < 1.29 is 9.53 Å². The van der Waals surface area contributed by atoms with Crippen LogP contribution in [0, 0.1) is 0 Å². The van der Waals surface area contributed by atoms with Gasteiger partial charge >= 0.3 is 0 Å². The number of rotatable bonds is 8. The molecular formula is C21H23ClN4O2. The lowest BCUT2D eigenvalue weighted by Gasteiger charge is -2.21. The average Bonchev–Trinajstić information content (AvgIpc) is 3.18. The van der Waals surface area contributed by atoms with Gasteiger partial charge in [-0.3, -0.25) is 4.79 Å². The minimum absolute atomic E-state index is 0.123. The normalized spacial score (nSPS) is 10.5. The molecule has 146 valence electrons. The number of amides is 1. The van der Waals surface area contributed by atoms with Gasteiger partial charge in [0.15, 0.2) is 6.73 Å². The maximum Gasteiger partial charge on any atom is 0.274 e. The van der Waals surface area contributed by atoms with Gasteiger partial charge in [0.2, 0.25) is 0 Å². The van der Waals surface area contributed by atoms with E-state index in [2.05, 4.69) is 29.2 Å². The van der Waals surface area contributed by atoms with Gasteiger partial charge < -0.3 is 15.0 Å². The number of benzene rings is 2. The first kappa shape index (κ1) is 19.8. The van der Waals surface area contributed by atoms with Crippen molar-refractivity contribution in [3.8, 4) is 5.75 Å². The minimum Gasteiger partial charge on any atom is -0.471 e. The number of carbonyl (C=O) groups is 1. The van der Waals surface area contributed by atoms with Gasteiger partial charge in [-0.15, -0.1) is 0 Å². The number of nitrogens with zero attached hydrogens (tertiary/aromatic N) is 3. The molecule has 3 aromatic rings. The van der Waals surface area contributed by atoms with E-state index in [0.717, 1.165) is 24.5 Å². The van der Waals surface area contributed by atoms with Crippen molar-refractivity contribution in [1.82, 2.24) is 9.78 Å². The molecule has 3 rings (SSSR count). The summed E-state index contributed by atoms with van der Waals surface area (Å²) in [4.78, 5) is 14.9. The third-order valence-corrected chi connectivity index (χ3v) is 4.62. The predicted molar refractivity (Wildman–Crippen MR) is 112 cm³/mol. The molecule has 28 heavy (non-hydrogen) atoms. The predicted octanol–water partition coefficient (Wildman–Crippen LogP) is 4.67. The Hall–Kier alpha value is -2.99. The zero-order valence-corrected chi connectivity index (χ0v) is 16.7. The third kappa shape index (κ3) is 4.84. The molecule has 6 nitrogen and oxygen atoms in total. The summed E-state index contributed by atoms with van der Waals surface area (Å²) in [6, 6.07) is 16.5. The molecule has 0 aliphatic carbocycles. The first-order valence-corrected chi connectivity index (χ1v) is 9.55. The van der Waals surface area contributed by atoms with E-state index in [-0.39, 0.29) is 12.6 Å². The molecule has 0 saturated carbocycles. The lowest BCUT2D eigenvalue weighted by Crippen LogP contribution is -2.22. The minimum atomic E-state index is -0.243. The number of anilines is 2. The van der Waals surface area contributed by atoms with Crippen molar-refractivity contribution in [3.05, 3.63) is 71.5 Å². The van der Waals surface area contributed by atoms with Gasteiger partial charge in [0.1, 0.15) is 11.4 Å². The Bertz CT molecular complexity index is 903. The highest BCUT2D eigenvalue weighted by atomic mass is 35.5. The summed E-state index contributed by atoms with van der Waals surface area (Å²) < 4.78 is 7.18. The van der Waals surface area contributed by atoms with Crippen LogP contribution in [0.1, 0.15) is 24.3 Å². The van der Waals surface area contributed by atoms with Crippen molar-refractivity contribution in [3.63, 3.8) is 0 Å². The van der Waals surface area contributed by atoms with Crippen LogP contribution in [0.15, 0.2) is 60.8 Å². The van der Waals surface area contributed by atoms with E-state index in [1.807, 2.05) is 24.3 Å². The van der Waals surface area contributed by atoms with Crippen LogP contribution in [-0.2, 0) is 6.73 Å². The molecule has 0 radical (unpaired) electrons. The topological polar surface area (TPSA) is 59.4 Å². The highest BCUT2D eigenvalue weighted by Gasteiger charge is 2.13. The number of ether oxygens (including phenoxy) is 1. The summed E-state index contributed by atoms with van der Waals surface area (Å²) in [5.41, 5.74) is 2.28. The number of aromatic nitrogens is 2. The van der Waals surface area contributed by atoms with Crippen LogP contribution in [0.4, 0.5) is 11.4 Å². The molecule has 1 heterocycles. The SMILES string of the molecule is CCN(CC)c1ccc(NC(=O)c2ccnn2COc2ccc(Cl)cc2)cc1. The Balaban J connectivity index is 1.63. The molecular weight excluding hydrogens is 376 g/mol. The molecule has 0 fully saturated rings. The van der Waals surface area contributed by atoms with E-state index in [1.165, 1.54) is 4.68 Å².